The fraction of sp³-hybridized carbons (Fsp3) is 0.286. The van der Waals surface area contributed by atoms with Gasteiger partial charge in [-0.3, -0.25) is 0 Å². The molecule has 0 atom stereocenters. The van der Waals surface area contributed by atoms with Crippen LogP contribution in [0.3, 0.4) is 0 Å². The summed E-state index contributed by atoms with van der Waals surface area (Å²) >= 11 is 2.87. The molecule has 0 aromatic carbocycles. The Morgan fingerprint density at radius 1 is 1.53 bits per heavy atom. The van der Waals surface area contributed by atoms with Gasteiger partial charge in [-0.2, -0.15) is 0 Å². The Morgan fingerprint density at radius 3 is 2.60 bits per heavy atom. The number of halogens is 4. The van der Waals surface area contributed by atoms with Crippen molar-refractivity contribution in [1.82, 2.24) is 4.98 Å². The lowest BCUT2D eigenvalue weighted by atomic mass is 10.2. The smallest absolute Gasteiger partial charge is 0.503 e. The molecule has 15 heavy (non-hydrogen) atoms. The van der Waals surface area contributed by atoms with Crippen molar-refractivity contribution in [3.05, 3.63) is 16.2 Å². The van der Waals surface area contributed by atoms with Gasteiger partial charge in [0.1, 0.15) is 4.60 Å². The molecular weight excluding hydrogens is 281 g/mol. The SMILES string of the molecule is NCc1cc(Br)nc(OC(F)(F)F)c1O. The highest BCUT2D eigenvalue weighted by molar-refractivity contribution is 9.10. The van der Waals surface area contributed by atoms with E-state index in [-0.39, 0.29) is 16.7 Å². The predicted octanol–water partition coefficient (Wildman–Crippen LogP) is 1.91. The van der Waals surface area contributed by atoms with Gasteiger partial charge in [-0.15, -0.1) is 13.2 Å². The van der Waals surface area contributed by atoms with Crippen LogP contribution in [0.2, 0.25) is 0 Å². The maximum atomic E-state index is 11.9. The van der Waals surface area contributed by atoms with Crippen LogP contribution in [0.25, 0.3) is 0 Å². The summed E-state index contributed by atoms with van der Waals surface area (Å²) in [5.41, 5.74) is 5.31. The molecule has 0 unspecified atom stereocenters. The summed E-state index contributed by atoms with van der Waals surface area (Å²) in [6.45, 7) is -0.124. The number of nitrogens with two attached hydrogens (primary N) is 1. The minimum absolute atomic E-state index is 0.0972. The van der Waals surface area contributed by atoms with Crippen molar-refractivity contribution in [3.63, 3.8) is 0 Å². The maximum absolute atomic E-state index is 11.9. The number of nitrogens with zero attached hydrogens (tertiary/aromatic N) is 1. The van der Waals surface area contributed by atoms with Crippen LogP contribution in [0.15, 0.2) is 10.7 Å². The van der Waals surface area contributed by atoms with E-state index in [9.17, 15) is 18.3 Å². The fourth-order valence-corrected chi connectivity index (χ4v) is 1.31. The van der Waals surface area contributed by atoms with Crippen molar-refractivity contribution in [2.45, 2.75) is 12.9 Å². The molecule has 0 radical (unpaired) electrons. The van der Waals surface area contributed by atoms with E-state index >= 15 is 0 Å². The van der Waals surface area contributed by atoms with Crippen molar-refractivity contribution in [2.75, 3.05) is 0 Å². The molecule has 8 heteroatoms. The molecule has 1 aromatic rings. The summed E-state index contributed by atoms with van der Waals surface area (Å²) in [6, 6.07) is 1.30. The maximum Gasteiger partial charge on any atom is 0.574 e. The lowest BCUT2D eigenvalue weighted by Crippen LogP contribution is -2.18. The Bertz CT molecular complexity index is 370. The third-order valence-corrected chi connectivity index (χ3v) is 1.85. The molecule has 0 spiro atoms. The van der Waals surface area contributed by atoms with Crippen LogP contribution in [0.5, 0.6) is 11.6 Å². The van der Waals surface area contributed by atoms with Crippen LogP contribution in [0.4, 0.5) is 13.2 Å². The molecular formula is C7H6BrF3N2O2. The first-order chi connectivity index (χ1) is 6.83. The van der Waals surface area contributed by atoms with Gasteiger partial charge in [-0.25, -0.2) is 4.98 Å². The number of rotatable bonds is 2. The summed E-state index contributed by atoms with van der Waals surface area (Å²) < 4.78 is 39.2. The summed E-state index contributed by atoms with van der Waals surface area (Å²) in [5.74, 6) is -1.63. The Balaban J connectivity index is 3.12. The average molecular weight is 287 g/mol. The molecule has 4 nitrogen and oxygen atoms in total. The average Bonchev–Trinajstić information content (AvgIpc) is 2.08. The van der Waals surface area contributed by atoms with Gasteiger partial charge in [0.25, 0.3) is 5.88 Å². The number of aromatic nitrogens is 1. The minimum Gasteiger partial charge on any atom is -0.503 e. The monoisotopic (exact) mass is 286 g/mol. The van der Waals surface area contributed by atoms with Crippen molar-refractivity contribution in [2.24, 2.45) is 5.73 Å². The largest absolute Gasteiger partial charge is 0.574 e. The van der Waals surface area contributed by atoms with E-state index in [1.807, 2.05) is 0 Å². The summed E-state index contributed by atoms with van der Waals surface area (Å²) in [5, 5.41) is 9.29. The molecule has 1 aromatic heterocycles. The Hall–Kier alpha value is -1.02. The molecule has 0 aliphatic rings. The second kappa shape index (κ2) is 4.23. The molecule has 0 amide bonds. The number of pyridine rings is 1. The molecule has 1 rings (SSSR count). The highest BCUT2D eigenvalue weighted by Gasteiger charge is 2.33. The number of aromatic hydroxyl groups is 1. The molecule has 3 N–H and O–H groups in total. The Morgan fingerprint density at radius 2 is 2.13 bits per heavy atom. The first-order valence-electron chi connectivity index (χ1n) is 3.67. The van der Waals surface area contributed by atoms with Crippen molar-refractivity contribution < 1.29 is 23.0 Å². The van der Waals surface area contributed by atoms with E-state index in [1.54, 1.807) is 0 Å². The highest BCUT2D eigenvalue weighted by Crippen LogP contribution is 2.33. The van der Waals surface area contributed by atoms with E-state index in [0.29, 0.717) is 0 Å². The molecule has 0 saturated carbocycles. The van der Waals surface area contributed by atoms with Crippen molar-refractivity contribution in [1.29, 1.82) is 0 Å². The number of hydrogen-bond donors (Lipinski definition) is 2. The fourth-order valence-electron chi connectivity index (χ4n) is 0.868. The minimum atomic E-state index is -4.91. The van der Waals surface area contributed by atoms with Gasteiger partial charge in [0.2, 0.25) is 0 Å². The van der Waals surface area contributed by atoms with Gasteiger partial charge in [-0.05, 0) is 22.0 Å². The van der Waals surface area contributed by atoms with Crippen LogP contribution in [-0.2, 0) is 6.54 Å². The molecule has 0 bridgehead atoms. The van der Waals surface area contributed by atoms with Crippen LogP contribution in [-0.4, -0.2) is 16.5 Å². The molecule has 0 saturated heterocycles. The summed E-state index contributed by atoms with van der Waals surface area (Å²) in [7, 11) is 0. The molecule has 1 heterocycles. The van der Waals surface area contributed by atoms with Crippen LogP contribution in [0, 0.1) is 0 Å². The van der Waals surface area contributed by atoms with Crippen molar-refractivity contribution >= 4 is 15.9 Å². The van der Waals surface area contributed by atoms with Crippen LogP contribution in [0.1, 0.15) is 5.56 Å². The van der Waals surface area contributed by atoms with E-state index in [4.69, 9.17) is 5.73 Å². The van der Waals surface area contributed by atoms with Gasteiger partial charge in [0, 0.05) is 12.1 Å². The normalized spacial score (nSPS) is 11.5. The summed E-state index contributed by atoms with van der Waals surface area (Å²) in [4.78, 5) is 3.34. The quantitative estimate of drug-likeness (QED) is 0.815. The molecule has 84 valence electrons. The first-order valence-corrected chi connectivity index (χ1v) is 4.47. The summed E-state index contributed by atoms with van der Waals surface area (Å²) in [6.07, 6.45) is -4.91. The van der Waals surface area contributed by atoms with Crippen LogP contribution < -0.4 is 10.5 Å². The third-order valence-electron chi connectivity index (χ3n) is 1.44. The number of hydrogen-bond acceptors (Lipinski definition) is 4. The zero-order valence-corrected chi connectivity index (χ0v) is 8.76. The number of ether oxygens (including phenoxy) is 1. The van der Waals surface area contributed by atoms with Gasteiger partial charge >= 0.3 is 6.36 Å². The second-order valence-electron chi connectivity index (χ2n) is 2.51. The zero-order chi connectivity index (χ0) is 11.6. The van der Waals surface area contributed by atoms with E-state index < -0.39 is 18.0 Å². The number of alkyl halides is 3. The first kappa shape index (κ1) is 12.1. The standard InChI is InChI=1S/C7H6BrF3N2O2/c8-4-1-3(2-12)5(14)6(13-4)15-7(9,10)11/h1,14H,2,12H2. The molecule has 0 aliphatic carbocycles. The zero-order valence-electron chi connectivity index (χ0n) is 7.18. The third kappa shape index (κ3) is 3.24. The highest BCUT2D eigenvalue weighted by atomic mass is 79.9. The topological polar surface area (TPSA) is 68.4 Å². The predicted molar refractivity (Wildman–Crippen MR) is 48.2 cm³/mol. The van der Waals surface area contributed by atoms with Gasteiger partial charge in [0.15, 0.2) is 5.75 Å². The lowest BCUT2D eigenvalue weighted by molar-refractivity contribution is -0.276. The molecule has 0 aliphatic heterocycles. The van der Waals surface area contributed by atoms with Crippen LogP contribution >= 0.6 is 15.9 Å². The van der Waals surface area contributed by atoms with E-state index in [0.717, 1.165) is 0 Å². The van der Waals surface area contributed by atoms with Crippen molar-refractivity contribution in [3.8, 4) is 11.6 Å². The Labute approximate surface area is 91.0 Å². The molecule has 0 fully saturated rings. The second-order valence-corrected chi connectivity index (χ2v) is 3.32. The lowest BCUT2D eigenvalue weighted by Gasteiger charge is -2.11. The van der Waals surface area contributed by atoms with E-state index in [1.165, 1.54) is 6.07 Å². The van der Waals surface area contributed by atoms with Gasteiger partial charge < -0.3 is 15.6 Å². The van der Waals surface area contributed by atoms with Gasteiger partial charge in [-0.1, -0.05) is 0 Å². The van der Waals surface area contributed by atoms with Gasteiger partial charge in [0.05, 0.1) is 0 Å². The Kier molecular flexibility index (Phi) is 3.40. The van der Waals surface area contributed by atoms with E-state index in [2.05, 4.69) is 25.7 Å².